The lowest BCUT2D eigenvalue weighted by atomic mass is 10.2. The quantitative estimate of drug-likeness (QED) is 0.781. The molecule has 4 nitrogen and oxygen atoms in total. The second-order valence-corrected chi connectivity index (χ2v) is 5.11. The van der Waals surface area contributed by atoms with E-state index in [0.29, 0.717) is 6.54 Å². The van der Waals surface area contributed by atoms with Crippen LogP contribution in [0.5, 0.6) is 0 Å². The molecule has 18 heavy (non-hydrogen) atoms. The van der Waals surface area contributed by atoms with Crippen molar-refractivity contribution in [2.75, 3.05) is 0 Å². The Morgan fingerprint density at radius 2 is 2.17 bits per heavy atom. The van der Waals surface area contributed by atoms with Crippen LogP contribution in [0.25, 0.3) is 10.1 Å². The van der Waals surface area contributed by atoms with Gasteiger partial charge in [0.25, 0.3) is 0 Å². The molecular formula is C13H14N4S. The van der Waals surface area contributed by atoms with Crippen LogP contribution in [0, 0.1) is 0 Å². The molecular weight excluding hydrogens is 244 g/mol. The molecule has 3 aromatic rings. The molecule has 2 aromatic heterocycles. The maximum absolute atomic E-state index is 4.24. The van der Waals surface area contributed by atoms with Crippen LogP contribution in [-0.4, -0.2) is 14.8 Å². The molecule has 0 atom stereocenters. The summed E-state index contributed by atoms with van der Waals surface area (Å²) >= 11 is 1.79. The molecule has 0 radical (unpaired) electrons. The zero-order valence-electron chi connectivity index (χ0n) is 10.1. The summed E-state index contributed by atoms with van der Waals surface area (Å²) in [6.07, 6.45) is 1.72. The van der Waals surface area contributed by atoms with Gasteiger partial charge in [0.1, 0.15) is 6.33 Å². The summed E-state index contributed by atoms with van der Waals surface area (Å²) in [5, 5.41) is 11.2. The van der Waals surface area contributed by atoms with E-state index in [1.807, 2.05) is 7.05 Å². The predicted octanol–water partition coefficient (Wildman–Crippen LogP) is 2.32. The summed E-state index contributed by atoms with van der Waals surface area (Å²) in [6.45, 7) is 1.55. The van der Waals surface area contributed by atoms with E-state index in [9.17, 15) is 0 Å². The standard InChI is InChI=1S/C13H14N4S/c1-17-9-15-13(16-17)7-14-6-10-8-18-12-5-3-2-4-11(10)12/h2-5,8-9,14H,6-7H2,1H3. The van der Waals surface area contributed by atoms with Gasteiger partial charge in [-0.25, -0.2) is 4.98 Å². The lowest BCUT2D eigenvalue weighted by Crippen LogP contribution is -2.13. The fraction of sp³-hybridized carbons (Fsp3) is 0.231. The largest absolute Gasteiger partial charge is 0.306 e. The molecule has 0 aliphatic rings. The van der Waals surface area contributed by atoms with Crippen LogP contribution in [0.4, 0.5) is 0 Å². The van der Waals surface area contributed by atoms with E-state index in [1.54, 1.807) is 22.3 Å². The highest BCUT2D eigenvalue weighted by molar-refractivity contribution is 7.17. The Morgan fingerprint density at radius 3 is 3.00 bits per heavy atom. The van der Waals surface area contributed by atoms with E-state index in [-0.39, 0.29) is 0 Å². The molecule has 1 N–H and O–H groups in total. The summed E-state index contributed by atoms with van der Waals surface area (Å²) in [7, 11) is 1.88. The van der Waals surface area contributed by atoms with E-state index < -0.39 is 0 Å². The fourth-order valence-electron chi connectivity index (χ4n) is 1.94. The lowest BCUT2D eigenvalue weighted by Gasteiger charge is -2.01. The highest BCUT2D eigenvalue weighted by atomic mass is 32.1. The number of nitrogens with one attached hydrogen (secondary N) is 1. The predicted molar refractivity (Wildman–Crippen MR) is 73.4 cm³/mol. The van der Waals surface area contributed by atoms with Gasteiger partial charge < -0.3 is 5.32 Å². The van der Waals surface area contributed by atoms with Crippen molar-refractivity contribution in [3.8, 4) is 0 Å². The van der Waals surface area contributed by atoms with Gasteiger partial charge in [0.15, 0.2) is 5.82 Å². The second kappa shape index (κ2) is 4.88. The average molecular weight is 258 g/mol. The van der Waals surface area contributed by atoms with Crippen molar-refractivity contribution in [2.45, 2.75) is 13.1 Å². The van der Waals surface area contributed by atoms with Crippen molar-refractivity contribution in [1.82, 2.24) is 20.1 Å². The van der Waals surface area contributed by atoms with E-state index in [1.165, 1.54) is 15.6 Å². The van der Waals surface area contributed by atoms with Crippen LogP contribution in [0.1, 0.15) is 11.4 Å². The number of hydrogen-bond donors (Lipinski definition) is 1. The van der Waals surface area contributed by atoms with Gasteiger partial charge in [-0.2, -0.15) is 5.10 Å². The molecule has 0 bridgehead atoms. The van der Waals surface area contributed by atoms with Gasteiger partial charge in [-0.15, -0.1) is 11.3 Å². The molecule has 2 heterocycles. The lowest BCUT2D eigenvalue weighted by molar-refractivity contribution is 0.652. The SMILES string of the molecule is Cn1cnc(CNCc2csc3ccccc23)n1. The summed E-state index contributed by atoms with van der Waals surface area (Å²) < 4.78 is 3.06. The zero-order chi connectivity index (χ0) is 12.4. The van der Waals surface area contributed by atoms with Crippen molar-refractivity contribution in [3.05, 3.63) is 47.4 Å². The number of aryl methyl sites for hydroxylation is 1. The first-order valence-corrected chi connectivity index (χ1v) is 6.71. The Hall–Kier alpha value is -1.72. The third-order valence-electron chi connectivity index (χ3n) is 2.81. The number of rotatable bonds is 4. The van der Waals surface area contributed by atoms with Gasteiger partial charge in [0, 0.05) is 18.3 Å². The normalized spacial score (nSPS) is 11.2. The Morgan fingerprint density at radius 1 is 1.28 bits per heavy atom. The van der Waals surface area contributed by atoms with Gasteiger partial charge in [-0.05, 0) is 22.4 Å². The summed E-state index contributed by atoms with van der Waals surface area (Å²) in [6, 6.07) is 8.48. The molecule has 0 fully saturated rings. The van der Waals surface area contributed by atoms with Crippen LogP contribution in [0.2, 0.25) is 0 Å². The Balaban J connectivity index is 1.66. The number of benzene rings is 1. The van der Waals surface area contributed by atoms with Gasteiger partial charge in [-0.1, -0.05) is 18.2 Å². The van der Waals surface area contributed by atoms with Crippen molar-refractivity contribution >= 4 is 21.4 Å². The third-order valence-corrected chi connectivity index (χ3v) is 3.82. The van der Waals surface area contributed by atoms with E-state index in [2.05, 4.69) is 45.0 Å². The monoisotopic (exact) mass is 258 g/mol. The molecule has 5 heteroatoms. The Bertz CT molecular complexity index is 656. The number of hydrogen-bond acceptors (Lipinski definition) is 4. The van der Waals surface area contributed by atoms with Gasteiger partial charge >= 0.3 is 0 Å². The van der Waals surface area contributed by atoms with Crippen molar-refractivity contribution < 1.29 is 0 Å². The molecule has 92 valence electrons. The number of fused-ring (bicyclic) bond motifs is 1. The van der Waals surface area contributed by atoms with Crippen LogP contribution in [0.3, 0.4) is 0 Å². The number of nitrogens with zero attached hydrogens (tertiary/aromatic N) is 3. The number of aromatic nitrogens is 3. The molecule has 3 rings (SSSR count). The first-order chi connectivity index (χ1) is 8.83. The molecule has 0 aliphatic carbocycles. The number of thiophene rings is 1. The molecule has 0 amide bonds. The maximum Gasteiger partial charge on any atom is 0.164 e. The fourth-order valence-corrected chi connectivity index (χ4v) is 2.91. The van der Waals surface area contributed by atoms with E-state index in [0.717, 1.165) is 12.4 Å². The van der Waals surface area contributed by atoms with Gasteiger partial charge in [-0.3, -0.25) is 4.68 Å². The summed E-state index contributed by atoms with van der Waals surface area (Å²) in [4.78, 5) is 4.19. The summed E-state index contributed by atoms with van der Waals surface area (Å²) in [5.41, 5.74) is 1.34. The minimum atomic E-state index is 0.699. The molecule has 1 aromatic carbocycles. The Labute approximate surface area is 109 Å². The van der Waals surface area contributed by atoms with Crippen LogP contribution in [-0.2, 0) is 20.1 Å². The second-order valence-electron chi connectivity index (χ2n) is 4.20. The maximum atomic E-state index is 4.24. The first-order valence-electron chi connectivity index (χ1n) is 5.83. The van der Waals surface area contributed by atoms with E-state index >= 15 is 0 Å². The Kier molecular flexibility index (Phi) is 3.08. The zero-order valence-corrected chi connectivity index (χ0v) is 10.9. The smallest absolute Gasteiger partial charge is 0.164 e. The highest BCUT2D eigenvalue weighted by Gasteiger charge is 2.03. The molecule has 0 saturated carbocycles. The topological polar surface area (TPSA) is 42.7 Å². The van der Waals surface area contributed by atoms with Crippen LogP contribution < -0.4 is 5.32 Å². The third kappa shape index (κ3) is 2.27. The van der Waals surface area contributed by atoms with Crippen LogP contribution in [0.15, 0.2) is 36.0 Å². The van der Waals surface area contributed by atoms with Crippen molar-refractivity contribution in [2.24, 2.45) is 7.05 Å². The van der Waals surface area contributed by atoms with Crippen molar-refractivity contribution in [1.29, 1.82) is 0 Å². The van der Waals surface area contributed by atoms with Crippen molar-refractivity contribution in [3.63, 3.8) is 0 Å². The molecule has 0 spiro atoms. The molecule has 0 unspecified atom stereocenters. The minimum Gasteiger partial charge on any atom is -0.306 e. The van der Waals surface area contributed by atoms with Crippen LogP contribution >= 0.6 is 11.3 Å². The minimum absolute atomic E-state index is 0.699. The van der Waals surface area contributed by atoms with Gasteiger partial charge in [0.05, 0.1) is 6.54 Å². The van der Waals surface area contributed by atoms with Gasteiger partial charge in [0.2, 0.25) is 0 Å². The average Bonchev–Trinajstić information content (AvgIpc) is 2.97. The highest BCUT2D eigenvalue weighted by Crippen LogP contribution is 2.25. The van der Waals surface area contributed by atoms with E-state index in [4.69, 9.17) is 0 Å². The summed E-state index contributed by atoms with van der Waals surface area (Å²) in [5.74, 6) is 0.831. The first kappa shape index (κ1) is 11.4. The molecule has 0 aliphatic heterocycles. The molecule has 0 saturated heterocycles.